The van der Waals surface area contributed by atoms with Crippen molar-refractivity contribution in [3.63, 3.8) is 0 Å². The van der Waals surface area contributed by atoms with Crippen LogP contribution in [0.15, 0.2) is 41.4 Å². The summed E-state index contributed by atoms with van der Waals surface area (Å²) in [6, 6.07) is 12.2. The van der Waals surface area contributed by atoms with Gasteiger partial charge in [0, 0.05) is 9.75 Å². The minimum atomic E-state index is -0.141. The fourth-order valence-corrected chi connectivity index (χ4v) is 3.41. The van der Waals surface area contributed by atoms with Crippen molar-refractivity contribution in [1.29, 1.82) is 0 Å². The van der Waals surface area contributed by atoms with E-state index in [1.807, 2.05) is 18.2 Å². The number of nitrogens with two attached hydrogens (primary N) is 1. The fourth-order valence-electron chi connectivity index (χ4n) is 2.50. The topological polar surface area (TPSA) is 68.2 Å². The zero-order chi connectivity index (χ0) is 13.7. The third kappa shape index (κ3) is 1.61. The van der Waals surface area contributed by atoms with E-state index in [4.69, 9.17) is 5.73 Å². The summed E-state index contributed by atoms with van der Waals surface area (Å²) in [4.78, 5) is 11.6. The largest absolute Gasteiger partial charge is 0.370 e. The maximum atomic E-state index is 5.90. The number of nitrogens with zero attached hydrogens (tertiary/aromatic N) is 3. The van der Waals surface area contributed by atoms with Gasteiger partial charge in [-0.3, -0.25) is 9.88 Å². The molecule has 0 amide bonds. The quantitative estimate of drug-likeness (QED) is 0.721. The molecule has 5 nitrogen and oxygen atoms in total. The molecule has 1 aliphatic rings. The zero-order valence-corrected chi connectivity index (χ0v) is 11.7. The van der Waals surface area contributed by atoms with E-state index in [0.717, 1.165) is 21.9 Å². The summed E-state index contributed by atoms with van der Waals surface area (Å²) in [5.41, 5.74) is 7.90. The monoisotopic (exact) mass is 283 g/mol. The van der Waals surface area contributed by atoms with Crippen LogP contribution in [0.1, 0.15) is 15.9 Å². The average molecular weight is 283 g/mol. The summed E-state index contributed by atoms with van der Waals surface area (Å²) in [5.74, 6) is 1.15. The Morgan fingerprint density at radius 3 is 2.90 bits per heavy atom. The number of rotatable bonds is 1. The number of aliphatic imine (C=N–C) groups is 1. The summed E-state index contributed by atoms with van der Waals surface area (Å²) < 4.78 is 2.09. The highest BCUT2D eigenvalue weighted by atomic mass is 32.1. The normalized spacial score (nSPS) is 17.6. The van der Waals surface area contributed by atoms with Crippen LogP contribution in [-0.2, 0) is 0 Å². The number of aryl methyl sites for hydroxylation is 1. The van der Waals surface area contributed by atoms with Gasteiger partial charge in [-0.1, -0.05) is 12.1 Å². The van der Waals surface area contributed by atoms with E-state index in [1.165, 1.54) is 4.88 Å². The number of nitrogens with one attached hydrogen (secondary N) is 1. The Kier molecular flexibility index (Phi) is 2.34. The van der Waals surface area contributed by atoms with Gasteiger partial charge in [-0.15, -0.1) is 11.3 Å². The Morgan fingerprint density at radius 2 is 2.10 bits per heavy atom. The molecule has 2 aromatic heterocycles. The molecule has 0 saturated carbocycles. The van der Waals surface area contributed by atoms with Gasteiger partial charge in [0.15, 0.2) is 12.1 Å². The highest BCUT2D eigenvalue weighted by Crippen LogP contribution is 2.34. The molecule has 0 spiro atoms. The van der Waals surface area contributed by atoms with E-state index in [0.29, 0.717) is 5.96 Å². The first-order valence-electron chi connectivity index (χ1n) is 6.36. The molecule has 0 unspecified atom stereocenters. The number of hydrogen-bond acceptors (Lipinski definition) is 5. The van der Waals surface area contributed by atoms with Gasteiger partial charge in [0.25, 0.3) is 0 Å². The molecule has 3 heterocycles. The summed E-state index contributed by atoms with van der Waals surface area (Å²) in [7, 11) is 0. The summed E-state index contributed by atoms with van der Waals surface area (Å²) in [6.45, 7) is 2.09. The van der Waals surface area contributed by atoms with Gasteiger partial charge in [0.2, 0.25) is 5.95 Å². The second-order valence-electron chi connectivity index (χ2n) is 4.76. The Hall–Kier alpha value is -2.34. The second kappa shape index (κ2) is 4.08. The van der Waals surface area contributed by atoms with Crippen molar-refractivity contribution in [3.05, 3.63) is 46.2 Å². The molecular weight excluding hydrogens is 270 g/mol. The standard InChI is InChI=1S/C14H13N5S/c1-8-6-7-11(20-8)12-17-13(15)18-14-16-9-4-2-3-5-10(9)19(12)14/h2-7,12H,1H3,(H3,15,16,17,18)/t12-/m1/s1. The third-order valence-electron chi connectivity index (χ3n) is 3.36. The Morgan fingerprint density at radius 1 is 1.25 bits per heavy atom. The Balaban J connectivity index is 1.98. The number of benzene rings is 1. The van der Waals surface area contributed by atoms with Crippen LogP contribution in [-0.4, -0.2) is 15.5 Å². The number of guanidine groups is 1. The Bertz CT molecular complexity index is 829. The van der Waals surface area contributed by atoms with Crippen molar-refractivity contribution < 1.29 is 0 Å². The first-order valence-corrected chi connectivity index (χ1v) is 7.17. The van der Waals surface area contributed by atoms with Gasteiger partial charge in [-0.25, -0.2) is 9.98 Å². The van der Waals surface area contributed by atoms with Gasteiger partial charge in [-0.05, 0) is 31.2 Å². The van der Waals surface area contributed by atoms with Crippen molar-refractivity contribution in [2.75, 3.05) is 5.32 Å². The van der Waals surface area contributed by atoms with Crippen LogP contribution < -0.4 is 11.1 Å². The molecule has 0 radical (unpaired) electrons. The van der Waals surface area contributed by atoms with Crippen molar-refractivity contribution >= 4 is 34.3 Å². The van der Waals surface area contributed by atoms with Gasteiger partial charge < -0.3 is 5.73 Å². The van der Waals surface area contributed by atoms with Crippen LogP contribution in [0.4, 0.5) is 5.95 Å². The molecule has 0 aliphatic carbocycles. The second-order valence-corrected chi connectivity index (χ2v) is 6.08. The van der Waals surface area contributed by atoms with Crippen LogP contribution in [0.2, 0.25) is 0 Å². The molecule has 100 valence electrons. The van der Waals surface area contributed by atoms with Crippen molar-refractivity contribution in [2.45, 2.75) is 13.1 Å². The zero-order valence-electron chi connectivity index (χ0n) is 10.9. The molecule has 0 bridgehead atoms. The molecular formula is C14H13N5S. The predicted octanol–water partition coefficient (Wildman–Crippen LogP) is 2.69. The minimum absolute atomic E-state index is 0.141. The SMILES string of the molecule is Cc1ccc([C@@H]2N=C(N)Nc3nc4ccccc4n32)s1. The first-order chi connectivity index (χ1) is 9.72. The molecule has 1 aromatic carbocycles. The summed E-state index contributed by atoms with van der Waals surface area (Å²) in [5, 5.41) is 3.04. The van der Waals surface area contributed by atoms with E-state index in [2.05, 4.69) is 45.0 Å². The summed E-state index contributed by atoms with van der Waals surface area (Å²) in [6.07, 6.45) is -0.141. The molecule has 1 aliphatic heterocycles. The van der Waals surface area contributed by atoms with E-state index in [1.54, 1.807) is 11.3 Å². The number of hydrogen-bond donors (Lipinski definition) is 2. The van der Waals surface area contributed by atoms with Gasteiger partial charge in [0.05, 0.1) is 11.0 Å². The Labute approximate surface area is 119 Å². The highest BCUT2D eigenvalue weighted by Gasteiger charge is 2.25. The number of aromatic nitrogens is 2. The van der Waals surface area contributed by atoms with E-state index < -0.39 is 0 Å². The van der Waals surface area contributed by atoms with Crippen LogP contribution in [0.25, 0.3) is 11.0 Å². The van der Waals surface area contributed by atoms with Crippen molar-refractivity contribution in [2.24, 2.45) is 10.7 Å². The molecule has 6 heteroatoms. The number of imidazole rings is 1. The first kappa shape index (κ1) is 11.5. The number of fused-ring (bicyclic) bond motifs is 3. The lowest BCUT2D eigenvalue weighted by atomic mass is 10.3. The van der Waals surface area contributed by atoms with E-state index in [9.17, 15) is 0 Å². The lowest BCUT2D eigenvalue weighted by Crippen LogP contribution is -2.31. The molecule has 3 aromatic rings. The van der Waals surface area contributed by atoms with Crippen LogP contribution in [0.3, 0.4) is 0 Å². The maximum absolute atomic E-state index is 5.90. The average Bonchev–Trinajstić information content (AvgIpc) is 3.00. The minimum Gasteiger partial charge on any atom is -0.370 e. The van der Waals surface area contributed by atoms with Crippen LogP contribution >= 0.6 is 11.3 Å². The lowest BCUT2D eigenvalue weighted by molar-refractivity contribution is 0.637. The molecule has 1 atom stereocenters. The molecule has 0 fully saturated rings. The molecule has 20 heavy (non-hydrogen) atoms. The summed E-state index contributed by atoms with van der Waals surface area (Å²) >= 11 is 1.73. The molecule has 4 rings (SSSR count). The van der Waals surface area contributed by atoms with E-state index in [-0.39, 0.29) is 6.17 Å². The smallest absolute Gasteiger partial charge is 0.212 e. The molecule has 3 N–H and O–H groups in total. The molecule has 0 saturated heterocycles. The van der Waals surface area contributed by atoms with Crippen LogP contribution in [0, 0.1) is 6.92 Å². The van der Waals surface area contributed by atoms with Crippen LogP contribution in [0.5, 0.6) is 0 Å². The lowest BCUT2D eigenvalue weighted by Gasteiger charge is -2.22. The predicted molar refractivity (Wildman–Crippen MR) is 82.2 cm³/mol. The van der Waals surface area contributed by atoms with E-state index >= 15 is 0 Å². The number of anilines is 1. The van der Waals surface area contributed by atoms with Gasteiger partial charge in [0.1, 0.15) is 0 Å². The number of thiophene rings is 1. The fraction of sp³-hybridized carbons (Fsp3) is 0.143. The van der Waals surface area contributed by atoms with Gasteiger partial charge in [-0.2, -0.15) is 0 Å². The maximum Gasteiger partial charge on any atom is 0.212 e. The number of para-hydroxylation sites is 2. The van der Waals surface area contributed by atoms with Gasteiger partial charge >= 0.3 is 0 Å². The highest BCUT2D eigenvalue weighted by molar-refractivity contribution is 7.12. The van der Waals surface area contributed by atoms with Crippen molar-refractivity contribution in [3.8, 4) is 0 Å². The van der Waals surface area contributed by atoms with Crippen molar-refractivity contribution in [1.82, 2.24) is 9.55 Å². The third-order valence-corrected chi connectivity index (χ3v) is 4.40.